The molecule has 0 spiro atoms. The predicted molar refractivity (Wildman–Crippen MR) is 103 cm³/mol. The number of ether oxygens (including phenoxy) is 1. The van der Waals surface area contributed by atoms with Crippen LogP contribution in [0.4, 0.5) is 10.6 Å². The average Bonchev–Trinajstić information content (AvgIpc) is 3.32. The van der Waals surface area contributed by atoms with Crippen molar-refractivity contribution in [2.24, 2.45) is 0 Å². The molecular weight excluding hydrogens is 336 g/mol. The van der Waals surface area contributed by atoms with Gasteiger partial charge in [-0.1, -0.05) is 6.92 Å². The van der Waals surface area contributed by atoms with E-state index in [0.717, 1.165) is 37.6 Å². The number of anilines is 1. The standard InChI is InChI=1S/C18H28N4O2S/c1-14(25-2)12-20-18(23)22-11-7-15(13-22)24-16-6-5-8-19-17(16)21-9-3-4-10-21/h5-6,8,14-15H,3-4,7,9-13H2,1-2H3,(H,20,23). The van der Waals surface area contributed by atoms with Crippen molar-refractivity contribution in [3.8, 4) is 5.75 Å². The summed E-state index contributed by atoms with van der Waals surface area (Å²) in [4.78, 5) is 20.9. The normalized spacial score (nSPS) is 21.4. The largest absolute Gasteiger partial charge is 0.485 e. The van der Waals surface area contributed by atoms with Gasteiger partial charge in [-0.2, -0.15) is 11.8 Å². The molecule has 7 heteroatoms. The van der Waals surface area contributed by atoms with Gasteiger partial charge < -0.3 is 19.9 Å². The first-order chi connectivity index (χ1) is 12.2. The number of thioether (sulfide) groups is 1. The van der Waals surface area contributed by atoms with Crippen LogP contribution in [0.15, 0.2) is 18.3 Å². The number of nitrogens with one attached hydrogen (secondary N) is 1. The molecule has 2 aliphatic heterocycles. The SMILES string of the molecule is CSC(C)CNC(=O)N1CCC(Oc2cccnc2N2CCCC2)C1. The van der Waals surface area contributed by atoms with E-state index >= 15 is 0 Å². The lowest BCUT2D eigenvalue weighted by molar-refractivity contribution is 0.187. The highest BCUT2D eigenvalue weighted by Crippen LogP contribution is 2.30. The maximum absolute atomic E-state index is 12.3. The van der Waals surface area contributed by atoms with Crippen LogP contribution in [0.3, 0.4) is 0 Å². The smallest absolute Gasteiger partial charge is 0.317 e. The van der Waals surface area contributed by atoms with E-state index in [2.05, 4.69) is 28.4 Å². The summed E-state index contributed by atoms with van der Waals surface area (Å²) in [5.74, 6) is 1.78. The third-order valence-corrected chi connectivity index (χ3v) is 5.80. The number of pyridine rings is 1. The lowest BCUT2D eigenvalue weighted by Gasteiger charge is -2.22. The Morgan fingerprint density at radius 2 is 2.24 bits per heavy atom. The van der Waals surface area contributed by atoms with Crippen LogP contribution in [0.5, 0.6) is 5.75 Å². The van der Waals surface area contributed by atoms with Crippen molar-refractivity contribution in [2.45, 2.75) is 37.5 Å². The molecule has 0 aliphatic carbocycles. The summed E-state index contributed by atoms with van der Waals surface area (Å²) in [5.41, 5.74) is 0. The van der Waals surface area contributed by atoms with Crippen LogP contribution in [0, 0.1) is 0 Å². The zero-order chi connectivity index (χ0) is 17.6. The van der Waals surface area contributed by atoms with E-state index in [1.54, 1.807) is 11.8 Å². The molecule has 1 N–H and O–H groups in total. The van der Waals surface area contributed by atoms with Crippen LogP contribution in [-0.4, -0.2) is 66.2 Å². The molecule has 2 fully saturated rings. The van der Waals surface area contributed by atoms with E-state index in [4.69, 9.17) is 4.74 Å². The van der Waals surface area contributed by atoms with Crippen molar-refractivity contribution < 1.29 is 9.53 Å². The van der Waals surface area contributed by atoms with Gasteiger partial charge >= 0.3 is 6.03 Å². The number of hydrogen-bond acceptors (Lipinski definition) is 5. The number of likely N-dealkylation sites (tertiary alicyclic amines) is 1. The van der Waals surface area contributed by atoms with Gasteiger partial charge in [0.2, 0.25) is 0 Å². The quantitative estimate of drug-likeness (QED) is 0.841. The third-order valence-electron chi connectivity index (χ3n) is 4.83. The van der Waals surface area contributed by atoms with Crippen LogP contribution in [0.1, 0.15) is 26.2 Å². The number of hydrogen-bond donors (Lipinski definition) is 1. The summed E-state index contributed by atoms with van der Waals surface area (Å²) in [6.45, 7) is 6.27. The van der Waals surface area contributed by atoms with Crippen molar-refractivity contribution in [3.63, 3.8) is 0 Å². The van der Waals surface area contributed by atoms with Gasteiger partial charge in [0.05, 0.1) is 6.54 Å². The summed E-state index contributed by atoms with van der Waals surface area (Å²) in [6.07, 6.45) is 7.20. The molecule has 25 heavy (non-hydrogen) atoms. The molecule has 2 saturated heterocycles. The Hall–Kier alpha value is -1.63. The summed E-state index contributed by atoms with van der Waals surface area (Å²) in [5, 5.41) is 3.43. The zero-order valence-electron chi connectivity index (χ0n) is 15.1. The molecule has 2 unspecified atom stereocenters. The Labute approximate surface area is 154 Å². The van der Waals surface area contributed by atoms with Gasteiger partial charge in [-0.25, -0.2) is 9.78 Å². The number of amides is 2. The first kappa shape index (κ1) is 18.2. The van der Waals surface area contributed by atoms with E-state index in [9.17, 15) is 4.79 Å². The second kappa shape index (κ2) is 8.65. The van der Waals surface area contributed by atoms with Crippen molar-refractivity contribution in [2.75, 3.05) is 43.9 Å². The number of carbonyl (C=O) groups is 1. The fourth-order valence-corrected chi connectivity index (χ4v) is 3.51. The van der Waals surface area contributed by atoms with Gasteiger partial charge in [0, 0.05) is 44.0 Å². The van der Waals surface area contributed by atoms with Gasteiger partial charge in [0.15, 0.2) is 11.6 Å². The van der Waals surface area contributed by atoms with E-state index < -0.39 is 0 Å². The number of aromatic nitrogens is 1. The number of carbonyl (C=O) groups excluding carboxylic acids is 1. The molecule has 0 bridgehead atoms. The highest BCUT2D eigenvalue weighted by Gasteiger charge is 2.29. The van der Waals surface area contributed by atoms with Gasteiger partial charge in [-0.05, 0) is 31.2 Å². The summed E-state index contributed by atoms with van der Waals surface area (Å²) in [6, 6.07) is 3.92. The van der Waals surface area contributed by atoms with Gasteiger partial charge in [-0.15, -0.1) is 0 Å². The molecule has 138 valence electrons. The predicted octanol–water partition coefficient (Wildman–Crippen LogP) is 2.60. The molecule has 2 aliphatic rings. The molecule has 3 heterocycles. The van der Waals surface area contributed by atoms with E-state index in [-0.39, 0.29) is 12.1 Å². The molecule has 3 rings (SSSR count). The van der Waals surface area contributed by atoms with Crippen molar-refractivity contribution in [3.05, 3.63) is 18.3 Å². The summed E-state index contributed by atoms with van der Waals surface area (Å²) < 4.78 is 6.22. The van der Waals surface area contributed by atoms with Gasteiger partial charge in [-0.3, -0.25) is 0 Å². The van der Waals surface area contributed by atoms with Gasteiger partial charge in [0.1, 0.15) is 6.10 Å². The zero-order valence-corrected chi connectivity index (χ0v) is 15.9. The Kier molecular flexibility index (Phi) is 6.29. The first-order valence-electron chi connectivity index (χ1n) is 9.09. The Balaban J connectivity index is 1.54. The first-order valence-corrected chi connectivity index (χ1v) is 10.4. The molecule has 1 aromatic heterocycles. The molecule has 0 radical (unpaired) electrons. The van der Waals surface area contributed by atoms with Crippen LogP contribution in [0.25, 0.3) is 0 Å². The third kappa shape index (κ3) is 4.71. The maximum Gasteiger partial charge on any atom is 0.317 e. The highest BCUT2D eigenvalue weighted by molar-refractivity contribution is 7.99. The molecule has 2 amide bonds. The topological polar surface area (TPSA) is 57.7 Å². The van der Waals surface area contributed by atoms with Crippen LogP contribution in [0.2, 0.25) is 0 Å². The lowest BCUT2D eigenvalue weighted by atomic mass is 10.3. The monoisotopic (exact) mass is 364 g/mol. The fourth-order valence-electron chi connectivity index (χ4n) is 3.26. The van der Waals surface area contributed by atoms with Crippen LogP contribution in [-0.2, 0) is 0 Å². The Morgan fingerprint density at radius 1 is 1.44 bits per heavy atom. The van der Waals surface area contributed by atoms with Crippen molar-refractivity contribution in [1.82, 2.24) is 15.2 Å². The summed E-state index contributed by atoms with van der Waals surface area (Å²) >= 11 is 1.76. The van der Waals surface area contributed by atoms with E-state index in [1.165, 1.54) is 12.8 Å². The molecule has 0 saturated carbocycles. The minimum Gasteiger partial charge on any atom is -0.485 e. The molecular formula is C18H28N4O2S. The lowest BCUT2D eigenvalue weighted by Crippen LogP contribution is -2.41. The van der Waals surface area contributed by atoms with E-state index in [0.29, 0.717) is 18.3 Å². The highest BCUT2D eigenvalue weighted by atomic mass is 32.2. The number of nitrogens with zero attached hydrogens (tertiary/aromatic N) is 3. The Bertz CT molecular complexity index is 580. The molecule has 6 nitrogen and oxygen atoms in total. The summed E-state index contributed by atoms with van der Waals surface area (Å²) in [7, 11) is 0. The molecule has 1 aromatic rings. The maximum atomic E-state index is 12.3. The Morgan fingerprint density at radius 3 is 3.00 bits per heavy atom. The second-order valence-electron chi connectivity index (χ2n) is 6.73. The van der Waals surface area contributed by atoms with Crippen molar-refractivity contribution in [1.29, 1.82) is 0 Å². The number of rotatable bonds is 6. The second-order valence-corrected chi connectivity index (χ2v) is 8.00. The van der Waals surface area contributed by atoms with Crippen molar-refractivity contribution >= 4 is 23.6 Å². The van der Waals surface area contributed by atoms with Crippen LogP contribution >= 0.6 is 11.8 Å². The van der Waals surface area contributed by atoms with E-state index in [1.807, 2.05) is 23.2 Å². The molecule has 2 atom stereocenters. The average molecular weight is 365 g/mol. The number of urea groups is 1. The fraction of sp³-hybridized carbons (Fsp3) is 0.667. The van der Waals surface area contributed by atoms with Gasteiger partial charge in [0.25, 0.3) is 0 Å². The van der Waals surface area contributed by atoms with Crippen LogP contribution < -0.4 is 15.0 Å². The molecule has 0 aromatic carbocycles. The minimum absolute atomic E-state index is 0.0120. The minimum atomic E-state index is 0.0120.